The van der Waals surface area contributed by atoms with E-state index in [4.69, 9.17) is 4.74 Å². The zero-order valence-electron chi connectivity index (χ0n) is 14.1. The Kier molecular flexibility index (Phi) is 7.02. The van der Waals surface area contributed by atoms with Crippen molar-refractivity contribution in [1.29, 1.82) is 0 Å². The van der Waals surface area contributed by atoms with Crippen LogP contribution in [0.5, 0.6) is 0 Å². The first kappa shape index (κ1) is 17.9. The van der Waals surface area contributed by atoms with Crippen molar-refractivity contribution in [2.24, 2.45) is 0 Å². The van der Waals surface area contributed by atoms with E-state index in [2.05, 4.69) is 17.1 Å². The topological polar surface area (TPSA) is 61.8 Å². The number of β-amino-alcohol motifs (C(OH)–C–C–N with tert-alkyl or cyclic N) is 1. The predicted molar refractivity (Wildman–Crippen MR) is 90.6 cm³/mol. The van der Waals surface area contributed by atoms with Crippen molar-refractivity contribution in [3.8, 4) is 0 Å². The Morgan fingerprint density at radius 2 is 2.09 bits per heavy atom. The summed E-state index contributed by atoms with van der Waals surface area (Å²) in [5.74, 6) is 0.0281. The van der Waals surface area contributed by atoms with Gasteiger partial charge in [-0.15, -0.1) is 0 Å². The van der Waals surface area contributed by atoms with E-state index in [9.17, 15) is 9.90 Å². The standard InChI is InChI=1S/C18H28N2O3/c1-3-14-6-4-5-7-17(14)18(22)19-15-8-10-20(11-9-15)12-16(21)13-23-2/h4-7,15-16,21H,3,8-13H2,1-2H3,(H,19,22). The molecule has 1 heterocycles. The summed E-state index contributed by atoms with van der Waals surface area (Å²) in [6, 6.07) is 8.00. The number of methoxy groups -OCH3 is 1. The Hall–Kier alpha value is -1.43. The van der Waals surface area contributed by atoms with E-state index in [1.165, 1.54) is 0 Å². The molecule has 2 rings (SSSR count). The van der Waals surface area contributed by atoms with Gasteiger partial charge in [-0.3, -0.25) is 4.79 Å². The van der Waals surface area contributed by atoms with Gasteiger partial charge in [-0.25, -0.2) is 0 Å². The van der Waals surface area contributed by atoms with Crippen LogP contribution in [-0.2, 0) is 11.2 Å². The molecule has 2 N–H and O–H groups in total. The van der Waals surface area contributed by atoms with Crippen LogP contribution in [0.15, 0.2) is 24.3 Å². The van der Waals surface area contributed by atoms with Crippen LogP contribution in [0.3, 0.4) is 0 Å². The highest BCUT2D eigenvalue weighted by atomic mass is 16.5. The summed E-state index contributed by atoms with van der Waals surface area (Å²) in [6.45, 7) is 4.84. The smallest absolute Gasteiger partial charge is 0.251 e. The van der Waals surface area contributed by atoms with E-state index < -0.39 is 6.10 Å². The zero-order valence-corrected chi connectivity index (χ0v) is 14.1. The number of likely N-dealkylation sites (tertiary alicyclic amines) is 1. The molecular weight excluding hydrogens is 292 g/mol. The number of rotatable bonds is 7. The molecule has 1 aromatic carbocycles. The van der Waals surface area contributed by atoms with Crippen molar-refractivity contribution in [2.75, 3.05) is 33.4 Å². The number of carbonyl (C=O) groups excluding carboxylic acids is 1. The van der Waals surface area contributed by atoms with Crippen LogP contribution in [-0.4, -0.2) is 61.4 Å². The monoisotopic (exact) mass is 320 g/mol. The fourth-order valence-electron chi connectivity index (χ4n) is 3.12. The lowest BCUT2D eigenvalue weighted by atomic mass is 10.0. The van der Waals surface area contributed by atoms with Gasteiger partial charge in [0.25, 0.3) is 5.91 Å². The van der Waals surface area contributed by atoms with Crippen molar-refractivity contribution in [3.05, 3.63) is 35.4 Å². The van der Waals surface area contributed by atoms with E-state index in [1.54, 1.807) is 7.11 Å². The normalized spacial score (nSPS) is 17.9. The van der Waals surface area contributed by atoms with E-state index in [0.29, 0.717) is 13.2 Å². The van der Waals surface area contributed by atoms with Crippen LogP contribution >= 0.6 is 0 Å². The fourth-order valence-corrected chi connectivity index (χ4v) is 3.12. The number of benzene rings is 1. The van der Waals surface area contributed by atoms with Crippen LogP contribution in [0.25, 0.3) is 0 Å². The van der Waals surface area contributed by atoms with Crippen LogP contribution in [0.1, 0.15) is 35.7 Å². The second kappa shape index (κ2) is 9.01. The third kappa shape index (κ3) is 5.30. The molecule has 1 aromatic rings. The Morgan fingerprint density at radius 3 is 2.74 bits per heavy atom. The van der Waals surface area contributed by atoms with Gasteiger partial charge in [-0.2, -0.15) is 0 Å². The van der Waals surface area contributed by atoms with Gasteiger partial charge in [0.2, 0.25) is 0 Å². The molecule has 128 valence electrons. The van der Waals surface area contributed by atoms with Gasteiger partial charge in [0.1, 0.15) is 0 Å². The second-order valence-electron chi connectivity index (χ2n) is 6.17. The molecule has 1 amide bonds. The predicted octanol–water partition coefficient (Wildman–Crippen LogP) is 1.45. The highest BCUT2D eigenvalue weighted by molar-refractivity contribution is 5.95. The summed E-state index contributed by atoms with van der Waals surface area (Å²) in [7, 11) is 1.60. The number of amides is 1. The molecule has 5 nitrogen and oxygen atoms in total. The van der Waals surface area contributed by atoms with E-state index in [-0.39, 0.29) is 11.9 Å². The molecule has 0 radical (unpaired) electrons. The highest BCUT2D eigenvalue weighted by Crippen LogP contribution is 2.14. The lowest BCUT2D eigenvalue weighted by molar-refractivity contribution is 0.0309. The van der Waals surface area contributed by atoms with Crippen LogP contribution in [0.2, 0.25) is 0 Å². The van der Waals surface area contributed by atoms with Gasteiger partial charge >= 0.3 is 0 Å². The number of aliphatic hydroxyl groups excluding tert-OH is 1. The maximum atomic E-state index is 12.5. The lowest BCUT2D eigenvalue weighted by Crippen LogP contribution is -2.47. The van der Waals surface area contributed by atoms with Crippen molar-refractivity contribution < 1.29 is 14.6 Å². The first-order valence-corrected chi connectivity index (χ1v) is 8.42. The lowest BCUT2D eigenvalue weighted by Gasteiger charge is -2.33. The third-order valence-electron chi connectivity index (χ3n) is 4.39. The van der Waals surface area contributed by atoms with Gasteiger partial charge in [-0.1, -0.05) is 25.1 Å². The van der Waals surface area contributed by atoms with Crippen LogP contribution in [0, 0.1) is 0 Å². The van der Waals surface area contributed by atoms with E-state index >= 15 is 0 Å². The molecule has 0 aromatic heterocycles. The summed E-state index contributed by atoms with van der Waals surface area (Å²) in [5.41, 5.74) is 1.87. The molecule has 23 heavy (non-hydrogen) atoms. The van der Waals surface area contributed by atoms with Crippen molar-refractivity contribution in [1.82, 2.24) is 10.2 Å². The molecule has 1 atom stereocenters. The highest BCUT2D eigenvalue weighted by Gasteiger charge is 2.23. The zero-order chi connectivity index (χ0) is 16.7. The summed E-state index contributed by atoms with van der Waals surface area (Å²) >= 11 is 0. The average Bonchev–Trinajstić information content (AvgIpc) is 2.56. The summed E-state index contributed by atoms with van der Waals surface area (Å²) in [6.07, 6.45) is 2.25. The number of hydrogen-bond acceptors (Lipinski definition) is 4. The van der Waals surface area contributed by atoms with Crippen LogP contribution in [0.4, 0.5) is 0 Å². The molecule has 0 saturated carbocycles. The number of aryl methyl sites for hydroxylation is 1. The molecule has 0 spiro atoms. The van der Waals surface area contributed by atoms with Gasteiger partial charge in [0.15, 0.2) is 0 Å². The van der Waals surface area contributed by atoms with Gasteiger partial charge < -0.3 is 20.1 Å². The molecular formula is C18H28N2O3. The number of piperidine rings is 1. The second-order valence-corrected chi connectivity index (χ2v) is 6.17. The maximum Gasteiger partial charge on any atom is 0.251 e. The van der Waals surface area contributed by atoms with Gasteiger partial charge in [-0.05, 0) is 30.9 Å². The number of ether oxygens (including phenoxy) is 1. The van der Waals surface area contributed by atoms with Crippen molar-refractivity contribution in [3.63, 3.8) is 0 Å². The number of hydrogen-bond donors (Lipinski definition) is 2. The first-order valence-electron chi connectivity index (χ1n) is 8.42. The average molecular weight is 320 g/mol. The number of nitrogens with zero attached hydrogens (tertiary/aromatic N) is 1. The van der Waals surface area contributed by atoms with Crippen molar-refractivity contribution in [2.45, 2.75) is 38.3 Å². The Bertz CT molecular complexity index is 499. The minimum atomic E-state index is -0.442. The van der Waals surface area contributed by atoms with Crippen molar-refractivity contribution >= 4 is 5.91 Å². The maximum absolute atomic E-state index is 12.5. The third-order valence-corrected chi connectivity index (χ3v) is 4.39. The van der Waals surface area contributed by atoms with E-state index in [1.807, 2.05) is 24.3 Å². The quantitative estimate of drug-likeness (QED) is 0.798. The SMILES string of the molecule is CCc1ccccc1C(=O)NC1CCN(CC(O)COC)CC1. The Morgan fingerprint density at radius 1 is 1.39 bits per heavy atom. The molecule has 0 bridgehead atoms. The number of carbonyl (C=O) groups is 1. The minimum absolute atomic E-state index is 0.0281. The van der Waals surface area contributed by atoms with E-state index in [0.717, 1.165) is 43.5 Å². The Balaban J connectivity index is 1.81. The molecule has 1 fully saturated rings. The number of aliphatic hydroxyl groups is 1. The molecule has 5 heteroatoms. The summed E-state index contributed by atoms with van der Waals surface area (Å²) in [5, 5.41) is 12.9. The summed E-state index contributed by atoms with van der Waals surface area (Å²) in [4.78, 5) is 14.7. The molecule has 1 saturated heterocycles. The molecule has 0 aliphatic carbocycles. The van der Waals surface area contributed by atoms with Crippen LogP contribution < -0.4 is 5.32 Å². The minimum Gasteiger partial charge on any atom is -0.389 e. The largest absolute Gasteiger partial charge is 0.389 e. The summed E-state index contributed by atoms with van der Waals surface area (Å²) < 4.78 is 4.96. The number of nitrogens with one attached hydrogen (secondary N) is 1. The van der Waals surface area contributed by atoms with Gasteiger partial charge in [0.05, 0.1) is 12.7 Å². The fraction of sp³-hybridized carbons (Fsp3) is 0.611. The van der Waals surface area contributed by atoms with Gasteiger partial charge in [0, 0.05) is 38.3 Å². The Labute approximate surface area is 138 Å². The molecule has 1 unspecified atom stereocenters. The molecule has 1 aliphatic rings. The first-order chi connectivity index (χ1) is 11.1. The molecule has 1 aliphatic heterocycles.